The summed E-state index contributed by atoms with van der Waals surface area (Å²) in [6, 6.07) is -0.381. The number of aliphatic hydroxyl groups excluding tert-OH is 3. The second-order valence-electron chi connectivity index (χ2n) is 9.82. The van der Waals surface area contributed by atoms with Crippen molar-refractivity contribution in [3.05, 3.63) is 0 Å². The van der Waals surface area contributed by atoms with Crippen LogP contribution >= 0.6 is 0 Å². The molecule has 2 saturated heterocycles. The highest BCUT2D eigenvalue weighted by atomic mass is 16.6. The third-order valence-electron chi connectivity index (χ3n) is 7.98. The van der Waals surface area contributed by atoms with Crippen LogP contribution in [0, 0.1) is 29.6 Å². The Labute approximate surface area is 188 Å². The maximum Gasteiger partial charge on any atom is 0.333 e. The fourth-order valence-electron chi connectivity index (χ4n) is 6.00. The molecule has 11 atom stereocenters. The Hall–Kier alpha value is -1.30. The average Bonchev–Trinajstić information content (AvgIpc) is 2.73. The lowest BCUT2D eigenvalue weighted by Gasteiger charge is -2.62. The van der Waals surface area contributed by atoms with Gasteiger partial charge in [-0.2, -0.15) is 0 Å². The van der Waals surface area contributed by atoms with Gasteiger partial charge in [-0.3, -0.25) is 4.79 Å². The molecule has 2 heterocycles. The number of carbonyl (C=O) groups is 2. The third-order valence-corrected chi connectivity index (χ3v) is 7.98. The van der Waals surface area contributed by atoms with E-state index in [0.29, 0.717) is 6.42 Å². The highest BCUT2D eigenvalue weighted by Crippen LogP contribution is 2.54. The van der Waals surface area contributed by atoms with Crippen molar-refractivity contribution < 1.29 is 44.2 Å². The van der Waals surface area contributed by atoms with Crippen LogP contribution in [0.3, 0.4) is 0 Å². The van der Waals surface area contributed by atoms with Crippen molar-refractivity contribution in [1.82, 2.24) is 5.32 Å². The lowest BCUT2D eigenvalue weighted by atomic mass is 9.55. The monoisotopic (exact) mass is 459 g/mol. The van der Waals surface area contributed by atoms with Crippen LogP contribution in [-0.2, 0) is 23.8 Å². The summed E-state index contributed by atoms with van der Waals surface area (Å²) in [5, 5.41) is 41.7. The van der Waals surface area contributed by atoms with Gasteiger partial charge < -0.3 is 40.0 Å². The van der Waals surface area contributed by atoms with Crippen LogP contribution in [0.1, 0.15) is 34.1 Å². The summed E-state index contributed by atoms with van der Waals surface area (Å²) >= 11 is 0. The smallest absolute Gasteiger partial charge is 0.333 e. The van der Waals surface area contributed by atoms with Crippen LogP contribution < -0.4 is 5.32 Å². The van der Waals surface area contributed by atoms with Gasteiger partial charge in [0.15, 0.2) is 6.10 Å². The Balaban J connectivity index is 1.71. The maximum atomic E-state index is 11.7. The molecule has 0 spiro atoms. The summed E-state index contributed by atoms with van der Waals surface area (Å²) in [6.07, 6.45) is -2.11. The molecule has 10 nitrogen and oxygen atoms in total. The summed E-state index contributed by atoms with van der Waals surface area (Å²) in [5.74, 6) is -2.12. The second kappa shape index (κ2) is 9.90. The zero-order valence-electron chi connectivity index (χ0n) is 19.1. The van der Waals surface area contributed by atoms with E-state index in [0.717, 1.165) is 0 Å². The molecule has 5 N–H and O–H groups in total. The first-order valence-electron chi connectivity index (χ1n) is 11.3. The van der Waals surface area contributed by atoms with Crippen LogP contribution in [0.5, 0.6) is 0 Å². The van der Waals surface area contributed by atoms with Gasteiger partial charge in [-0.05, 0) is 31.1 Å². The predicted molar refractivity (Wildman–Crippen MR) is 112 cm³/mol. The van der Waals surface area contributed by atoms with Crippen LogP contribution in [0.4, 0.5) is 0 Å². The lowest BCUT2D eigenvalue weighted by Crippen LogP contribution is -2.72. The number of ether oxygens (including phenoxy) is 3. The molecule has 1 aliphatic carbocycles. The van der Waals surface area contributed by atoms with E-state index in [9.17, 15) is 30.0 Å². The summed E-state index contributed by atoms with van der Waals surface area (Å²) in [5.41, 5.74) is -0.659. The van der Waals surface area contributed by atoms with Crippen molar-refractivity contribution in [2.24, 2.45) is 29.6 Å². The van der Waals surface area contributed by atoms with E-state index < -0.39 is 41.9 Å². The van der Waals surface area contributed by atoms with Crippen molar-refractivity contribution in [3.63, 3.8) is 0 Å². The Morgan fingerprint density at radius 3 is 2.22 bits per heavy atom. The number of carbonyl (C=O) groups excluding carboxylic acids is 1. The Bertz CT molecular complexity index is 690. The SMILES string of the molecule is CC(=O)NC1[C@H](CO)OC(CO)[C@H]2[C@@H]1CC2(C)OC[C@@H]1OC(C(=O)O)[C@H](CO)[C@H](C)C1C. The molecular formula is C22H37NO9. The first kappa shape index (κ1) is 25.3. The van der Waals surface area contributed by atoms with Gasteiger partial charge in [0.25, 0.3) is 0 Å². The number of aliphatic hydroxyl groups is 3. The van der Waals surface area contributed by atoms with Crippen LogP contribution in [0.2, 0.25) is 0 Å². The number of rotatable bonds is 8. The van der Waals surface area contributed by atoms with E-state index in [1.54, 1.807) is 0 Å². The van der Waals surface area contributed by atoms with E-state index >= 15 is 0 Å². The summed E-state index contributed by atoms with van der Waals surface area (Å²) in [7, 11) is 0. The topological polar surface area (TPSA) is 155 Å². The number of aliphatic carboxylic acids is 1. The van der Waals surface area contributed by atoms with Crippen molar-refractivity contribution >= 4 is 11.9 Å². The van der Waals surface area contributed by atoms with Crippen molar-refractivity contribution in [1.29, 1.82) is 0 Å². The van der Waals surface area contributed by atoms with Crippen LogP contribution in [-0.4, -0.2) is 94.8 Å². The van der Waals surface area contributed by atoms with Crippen molar-refractivity contribution in [3.8, 4) is 0 Å². The zero-order chi connectivity index (χ0) is 23.8. The van der Waals surface area contributed by atoms with E-state index in [1.807, 2.05) is 20.8 Å². The molecular weight excluding hydrogens is 422 g/mol. The summed E-state index contributed by atoms with van der Waals surface area (Å²) < 4.78 is 18.0. The molecule has 184 valence electrons. The molecule has 10 heteroatoms. The average molecular weight is 460 g/mol. The predicted octanol–water partition coefficient (Wildman–Crippen LogP) is -0.613. The quantitative estimate of drug-likeness (QED) is 0.320. The molecule has 3 rings (SSSR count). The minimum atomic E-state index is -1.10. The molecule has 3 aliphatic rings. The number of hydrogen-bond acceptors (Lipinski definition) is 8. The molecule has 1 saturated carbocycles. The van der Waals surface area contributed by atoms with Crippen molar-refractivity contribution in [2.75, 3.05) is 26.4 Å². The molecule has 0 aromatic carbocycles. The molecule has 32 heavy (non-hydrogen) atoms. The molecule has 0 aromatic heterocycles. The minimum Gasteiger partial charge on any atom is -0.479 e. The lowest BCUT2D eigenvalue weighted by molar-refractivity contribution is -0.284. The molecule has 1 amide bonds. The second-order valence-corrected chi connectivity index (χ2v) is 9.82. The first-order valence-corrected chi connectivity index (χ1v) is 11.3. The number of hydrogen-bond donors (Lipinski definition) is 5. The number of carboxylic acids is 1. The number of fused-ring (bicyclic) bond motifs is 1. The third kappa shape index (κ3) is 4.53. The largest absolute Gasteiger partial charge is 0.479 e. The van der Waals surface area contributed by atoms with E-state index in [-0.39, 0.29) is 62.0 Å². The highest BCUT2D eigenvalue weighted by molar-refractivity contribution is 5.73. The zero-order valence-corrected chi connectivity index (χ0v) is 19.1. The maximum absolute atomic E-state index is 11.7. The fraction of sp³-hybridized carbons (Fsp3) is 0.909. The van der Waals surface area contributed by atoms with Gasteiger partial charge in [-0.15, -0.1) is 0 Å². The number of amides is 1. The first-order chi connectivity index (χ1) is 15.1. The van der Waals surface area contributed by atoms with Gasteiger partial charge in [-0.25, -0.2) is 4.79 Å². The van der Waals surface area contributed by atoms with Gasteiger partial charge >= 0.3 is 5.97 Å². The van der Waals surface area contributed by atoms with E-state index in [4.69, 9.17) is 14.2 Å². The van der Waals surface area contributed by atoms with Gasteiger partial charge in [-0.1, -0.05) is 13.8 Å². The summed E-state index contributed by atoms with van der Waals surface area (Å²) in [4.78, 5) is 23.4. The summed E-state index contributed by atoms with van der Waals surface area (Å²) in [6.45, 7) is 6.62. The Morgan fingerprint density at radius 2 is 1.69 bits per heavy atom. The van der Waals surface area contributed by atoms with Crippen LogP contribution in [0.25, 0.3) is 0 Å². The minimum absolute atomic E-state index is 0.0237. The van der Waals surface area contributed by atoms with E-state index in [1.165, 1.54) is 6.92 Å². The molecule has 2 aliphatic heterocycles. The standard InChI is InChI=1S/C22H37NO9/c1-10-11(2)17(32-20(21(28)29)14(10)6-24)9-30-22(4)5-13-18(22)15(7-25)31-16(8-26)19(13)23-12(3)27/h10-11,13-20,24-26H,5-9H2,1-4H3,(H,23,27)(H,28,29)/t10-,11?,13+,14-,15?,16+,17+,18-,19?,20?,22?/m1/s1. The molecule has 3 fully saturated rings. The Morgan fingerprint density at radius 1 is 1.03 bits per heavy atom. The highest BCUT2D eigenvalue weighted by Gasteiger charge is 2.62. The number of nitrogens with one attached hydrogen (secondary N) is 1. The van der Waals surface area contributed by atoms with Gasteiger partial charge in [0, 0.05) is 25.4 Å². The van der Waals surface area contributed by atoms with E-state index in [2.05, 4.69) is 5.32 Å². The molecule has 5 unspecified atom stereocenters. The van der Waals surface area contributed by atoms with Gasteiger partial charge in [0.05, 0.1) is 43.7 Å². The van der Waals surface area contributed by atoms with Crippen LogP contribution in [0.15, 0.2) is 0 Å². The van der Waals surface area contributed by atoms with Gasteiger partial charge in [0.2, 0.25) is 5.91 Å². The normalized spacial score (nSPS) is 46.1. The Kier molecular flexibility index (Phi) is 7.84. The molecule has 0 aromatic rings. The molecule has 0 bridgehead atoms. The number of carboxylic acid groups (broad SMARTS) is 1. The molecule has 0 radical (unpaired) electrons. The van der Waals surface area contributed by atoms with Gasteiger partial charge in [0.1, 0.15) is 6.10 Å². The van der Waals surface area contributed by atoms with Crippen molar-refractivity contribution in [2.45, 2.75) is 70.2 Å². The fourth-order valence-corrected chi connectivity index (χ4v) is 6.00.